The Labute approximate surface area is 122 Å². The largest absolute Gasteiger partial charge is 0.490 e. The molecule has 0 saturated heterocycles. The summed E-state index contributed by atoms with van der Waals surface area (Å²) in [5.41, 5.74) is 1.04. The van der Waals surface area contributed by atoms with Gasteiger partial charge in [0.1, 0.15) is 12.4 Å². The Morgan fingerprint density at radius 2 is 1.90 bits per heavy atom. The molecule has 0 bridgehead atoms. The van der Waals surface area contributed by atoms with E-state index >= 15 is 0 Å². The summed E-state index contributed by atoms with van der Waals surface area (Å²) in [5, 5.41) is 3.37. The Morgan fingerprint density at radius 3 is 2.50 bits per heavy atom. The highest BCUT2D eigenvalue weighted by molar-refractivity contribution is 5.19. The fraction of sp³-hybridized carbons (Fsp3) is 0.688. The number of pyridine rings is 1. The van der Waals surface area contributed by atoms with Gasteiger partial charge < -0.3 is 14.8 Å². The molecule has 0 atom stereocenters. The monoisotopic (exact) mass is 280 g/mol. The van der Waals surface area contributed by atoms with Crippen LogP contribution in [0.1, 0.15) is 33.4 Å². The van der Waals surface area contributed by atoms with E-state index in [9.17, 15) is 0 Å². The van der Waals surface area contributed by atoms with Gasteiger partial charge in [0.05, 0.1) is 18.5 Å². The molecule has 4 nitrogen and oxygen atoms in total. The van der Waals surface area contributed by atoms with Gasteiger partial charge in [-0.15, -0.1) is 0 Å². The Hall–Kier alpha value is -1.13. The molecule has 0 unspecified atom stereocenters. The van der Waals surface area contributed by atoms with Gasteiger partial charge in [-0.1, -0.05) is 27.7 Å². The van der Waals surface area contributed by atoms with Gasteiger partial charge in [-0.05, 0) is 30.5 Å². The summed E-state index contributed by atoms with van der Waals surface area (Å²) >= 11 is 0. The molecule has 1 aromatic heterocycles. The van der Waals surface area contributed by atoms with Crippen LogP contribution in [-0.2, 0) is 11.3 Å². The Kier molecular flexibility index (Phi) is 8.23. The lowest BCUT2D eigenvalue weighted by atomic mass is 10.2. The molecule has 0 spiro atoms. The van der Waals surface area contributed by atoms with Crippen LogP contribution in [0.25, 0.3) is 0 Å². The van der Waals surface area contributed by atoms with Crippen LogP contribution in [0.3, 0.4) is 0 Å². The van der Waals surface area contributed by atoms with Gasteiger partial charge in [0.25, 0.3) is 0 Å². The van der Waals surface area contributed by atoms with Crippen LogP contribution < -0.4 is 10.1 Å². The molecular formula is C16H28N2O2. The molecule has 1 heterocycles. The van der Waals surface area contributed by atoms with Crippen molar-refractivity contribution in [3.05, 3.63) is 24.0 Å². The molecule has 4 heteroatoms. The third kappa shape index (κ3) is 8.12. The molecule has 0 aliphatic rings. The van der Waals surface area contributed by atoms with Crippen LogP contribution in [0.5, 0.6) is 5.75 Å². The Bertz CT molecular complexity index is 350. The van der Waals surface area contributed by atoms with E-state index < -0.39 is 0 Å². The number of rotatable bonds is 10. The first-order chi connectivity index (χ1) is 9.58. The van der Waals surface area contributed by atoms with Crippen molar-refractivity contribution in [1.82, 2.24) is 10.3 Å². The second-order valence-corrected chi connectivity index (χ2v) is 5.83. The van der Waals surface area contributed by atoms with Gasteiger partial charge in [-0.2, -0.15) is 0 Å². The third-order valence-corrected chi connectivity index (χ3v) is 2.60. The summed E-state index contributed by atoms with van der Waals surface area (Å²) in [4.78, 5) is 4.37. The molecule has 0 aliphatic carbocycles. The van der Waals surface area contributed by atoms with E-state index in [1.54, 1.807) is 6.20 Å². The van der Waals surface area contributed by atoms with Gasteiger partial charge >= 0.3 is 0 Å². The van der Waals surface area contributed by atoms with Gasteiger partial charge in [-0.25, -0.2) is 0 Å². The number of aromatic nitrogens is 1. The highest BCUT2D eigenvalue weighted by atomic mass is 16.5. The molecule has 114 valence electrons. The van der Waals surface area contributed by atoms with Gasteiger partial charge in [0.15, 0.2) is 0 Å². The number of ether oxygens (including phenoxy) is 2. The Morgan fingerprint density at radius 1 is 1.10 bits per heavy atom. The summed E-state index contributed by atoms with van der Waals surface area (Å²) in [6.07, 6.45) is 1.77. The Balaban J connectivity index is 2.18. The number of hydrogen-bond donors (Lipinski definition) is 1. The quantitative estimate of drug-likeness (QED) is 0.669. The maximum atomic E-state index is 5.58. The van der Waals surface area contributed by atoms with Crippen LogP contribution in [0.4, 0.5) is 0 Å². The highest BCUT2D eigenvalue weighted by Crippen LogP contribution is 2.09. The van der Waals surface area contributed by atoms with Crippen molar-refractivity contribution in [3.8, 4) is 5.75 Å². The summed E-state index contributed by atoms with van der Waals surface area (Å²) in [7, 11) is 0. The van der Waals surface area contributed by atoms with Gasteiger partial charge in [-0.3, -0.25) is 4.98 Å². The first-order valence-corrected chi connectivity index (χ1v) is 7.44. The van der Waals surface area contributed by atoms with Crippen molar-refractivity contribution in [3.63, 3.8) is 0 Å². The molecule has 0 amide bonds. The fourth-order valence-corrected chi connectivity index (χ4v) is 1.63. The summed E-state index contributed by atoms with van der Waals surface area (Å²) in [6.45, 7) is 12.4. The minimum absolute atomic E-state index is 0.564. The standard InChI is InChI=1S/C16H28N2O2/c1-13(2)9-17-10-15-5-6-16(11-18-15)20-8-7-19-12-14(3)4/h5-6,11,13-14,17H,7-10,12H2,1-4H3. The van der Waals surface area contributed by atoms with E-state index in [2.05, 4.69) is 38.0 Å². The lowest BCUT2D eigenvalue weighted by Crippen LogP contribution is -2.19. The summed E-state index contributed by atoms with van der Waals surface area (Å²) in [6, 6.07) is 3.96. The molecule has 0 radical (unpaired) electrons. The first-order valence-electron chi connectivity index (χ1n) is 7.44. The van der Waals surface area contributed by atoms with Crippen LogP contribution >= 0.6 is 0 Å². The highest BCUT2D eigenvalue weighted by Gasteiger charge is 1.99. The van der Waals surface area contributed by atoms with E-state index in [-0.39, 0.29) is 0 Å². The van der Waals surface area contributed by atoms with Crippen LogP contribution in [0, 0.1) is 11.8 Å². The number of hydrogen-bond acceptors (Lipinski definition) is 4. The topological polar surface area (TPSA) is 43.4 Å². The zero-order valence-electron chi connectivity index (χ0n) is 13.2. The van der Waals surface area contributed by atoms with Crippen molar-refractivity contribution in [2.24, 2.45) is 11.8 Å². The lowest BCUT2D eigenvalue weighted by molar-refractivity contribution is 0.0818. The van der Waals surface area contributed by atoms with Crippen LogP contribution in [0.15, 0.2) is 18.3 Å². The smallest absolute Gasteiger partial charge is 0.137 e. The van der Waals surface area contributed by atoms with E-state index in [1.165, 1.54) is 0 Å². The molecule has 20 heavy (non-hydrogen) atoms. The predicted molar refractivity (Wildman–Crippen MR) is 81.9 cm³/mol. The van der Waals surface area contributed by atoms with E-state index in [4.69, 9.17) is 9.47 Å². The van der Waals surface area contributed by atoms with Crippen LogP contribution in [-0.4, -0.2) is 31.3 Å². The normalized spacial score (nSPS) is 11.3. The van der Waals surface area contributed by atoms with E-state index in [1.807, 2.05) is 12.1 Å². The second-order valence-electron chi connectivity index (χ2n) is 5.83. The molecular weight excluding hydrogens is 252 g/mol. The van der Waals surface area contributed by atoms with E-state index in [0.717, 1.165) is 31.1 Å². The van der Waals surface area contributed by atoms with E-state index in [0.29, 0.717) is 25.0 Å². The first kappa shape index (κ1) is 16.9. The fourth-order valence-electron chi connectivity index (χ4n) is 1.63. The van der Waals surface area contributed by atoms with Gasteiger partial charge in [0, 0.05) is 13.2 Å². The predicted octanol–water partition coefficient (Wildman–Crippen LogP) is 2.88. The summed E-state index contributed by atoms with van der Waals surface area (Å²) in [5.74, 6) is 2.02. The SMILES string of the molecule is CC(C)CNCc1ccc(OCCOCC(C)C)cn1. The maximum absolute atomic E-state index is 5.58. The van der Waals surface area contributed by atoms with Crippen molar-refractivity contribution < 1.29 is 9.47 Å². The maximum Gasteiger partial charge on any atom is 0.137 e. The zero-order chi connectivity index (χ0) is 14.8. The molecule has 0 saturated carbocycles. The second kappa shape index (κ2) is 9.72. The summed E-state index contributed by atoms with van der Waals surface area (Å²) < 4.78 is 11.0. The van der Waals surface area contributed by atoms with Crippen molar-refractivity contribution >= 4 is 0 Å². The van der Waals surface area contributed by atoms with Crippen molar-refractivity contribution in [1.29, 1.82) is 0 Å². The third-order valence-electron chi connectivity index (χ3n) is 2.60. The number of nitrogens with zero attached hydrogens (tertiary/aromatic N) is 1. The lowest BCUT2D eigenvalue weighted by Gasteiger charge is -2.09. The minimum atomic E-state index is 0.564. The molecule has 0 aliphatic heterocycles. The molecule has 1 N–H and O–H groups in total. The average molecular weight is 280 g/mol. The molecule has 0 aromatic carbocycles. The molecule has 1 aromatic rings. The van der Waals surface area contributed by atoms with Gasteiger partial charge in [0.2, 0.25) is 0 Å². The average Bonchev–Trinajstić information content (AvgIpc) is 2.39. The van der Waals surface area contributed by atoms with Crippen molar-refractivity contribution in [2.45, 2.75) is 34.2 Å². The minimum Gasteiger partial charge on any atom is -0.490 e. The van der Waals surface area contributed by atoms with Crippen molar-refractivity contribution in [2.75, 3.05) is 26.4 Å². The van der Waals surface area contributed by atoms with Crippen LogP contribution in [0.2, 0.25) is 0 Å². The molecule has 1 rings (SSSR count). The zero-order valence-corrected chi connectivity index (χ0v) is 13.2. The molecule has 0 fully saturated rings. The number of nitrogens with one attached hydrogen (secondary N) is 1.